The average molecular weight is 271 g/mol. The lowest BCUT2D eigenvalue weighted by Gasteiger charge is -2.37. The zero-order valence-electron chi connectivity index (χ0n) is 10.9. The van der Waals surface area contributed by atoms with Gasteiger partial charge in [0, 0.05) is 0 Å². The monoisotopic (exact) mass is 271 g/mol. The van der Waals surface area contributed by atoms with Crippen LogP contribution in [0.1, 0.15) is 26.8 Å². The first kappa shape index (κ1) is 15.0. The van der Waals surface area contributed by atoms with Crippen LogP contribution < -0.4 is 5.73 Å². The van der Waals surface area contributed by atoms with E-state index in [0.29, 0.717) is 0 Å². The lowest BCUT2D eigenvalue weighted by molar-refractivity contribution is -0.168. The second-order valence-electron chi connectivity index (χ2n) is 4.69. The molecule has 0 aliphatic carbocycles. The number of tetrazole rings is 1. The summed E-state index contributed by atoms with van der Waals surface area (Å²) in [6.07, 6.45) is 1.13. The highest BCUT2D eigenvalue weighted by Crippen LogP contribution is 2.35. The van der Waals surface area contributed by atoms with Crippen molar-refractivity contribution in [2.24, 2.45) is 17.6 Å². The fourth-order valence-electron chi connectivity index (χ4n) is 2.06. The number of carboxylic acid groups (broad SMARTS) is 1. The largest absolute Gasteiger partial charge is 0.481 e. The van der Waals surface area contributed by atoms with Gasteiger partial charge in [-0.25, -0.2) is 0 Å². The first-order chi connectivity index (χ1) is 8.72. The van der Waals surface area contributed by atoms with Crippen LogP contribution in [0.5, 0.6) is 0 Å². The summed E-state index contributed by atoms with van der Waals surface area (Å²) in [6, 6.07) is -1.03. The topological polar surface area (TPSA) is 144 Å². The molecule has 0 aromatic carbocycles. The number of hydrogen-bond donors (Lipinski definition) is 3. The minimum Gasteiger partial charge on any atom is -0.481 e. The van der Waals surface area contributed by atoms with Gasteiger partial charge in [-0.1, -0.05) is 13.8 Å². The Morgan fingerprint density at radius 1 is 1.37 bits per heavy atom. The molecule has 3 atom stereocenters. The van der Waals surface area contributed by atoms with Gasteiger partial charge in [0.1, 0.15) is 6.04 Å². The number of carboxylic acids is 1. The molecule has 9 nitrogen and oxygen atoms in total. The van der Waals surface area contributed by atoms with Gasteiger partial charge in [-0.05, 0) is 18.1 Å². The van der Waals surface area contributed by atoms with Crippen LogP contribution in [0.4, 0.5) is 0 Å². The molecule has 9 heteroatoms. The minimum atomic E-state index is -2.32. The number of carbonyl (C=O) groups is 2. The summed E-state index contributed by atoms with van der Waals surface area (Å²) in [5.41, 5.74) is 2.89. The highest BCUT2D eigenvalue weighted by Gasteiger charge is 2.53. The number of aliphatic hydroxyl groups is 1. The van der Waals surface area contributed by atoms with E-state index in [1.165, 1.54) is 6.92 Å². The van der Waals surface area contributed by atoms with Gasteiger partial charge < -0.3 is 15.9 Å². The van der Waals surface area contributed by atoms with Crippen LogP contribution in [0, 0.1) is 11.8 Å². The predicted octanol–water partition coefficient (Wildman–Crippen LogP) is -1.19. The molecule has 0 saturated heterocycles. The van der Waals surface area contributed by atoms with Crippen molar-refractivity contribution >= 4 is 11.9 Å². The molecule has 4 N–H and O–H groups in total. The summed E-state index contributed by atoms with van der Waals surface area (Å²) in [4.78, 5) is 23.8. The Morgan fingerprint density at radius 3 is 2.26 bits per heavy atom. The summed E-state index contributed by atoms with van der Waals surface area (Å²) in [5.74, 6) is -4.23. The van der Waals surface area contributed by atoms with Crippen molar-refractivity contribution in [3.63, 3.8) is 0 Å². The van der Waals surface area contributed by atoms with E-state index >= 15 is 0 Å². The Bertz CT molecular complexity index is 460. The Labute approximate surface area is 109 Å². The lowest BCUT2D eigenvalue weighted by Crippen LogP contribution is -2.59. The molecule has 1 aromatic rings. The number of primary amides is 1. The maximum absolute atomic E-state index is 11.6. The van der Waals surface area contributed by atoms with Gasteiger partial charge in [-0.15, -0.1) is 10.2 Å². The molecule has 106 valence electrons. The number of aromatic nitrogens is 4. The lowest BCUT2D eigenvalue weighted by atomic mass is 9.77. The van der Waals surface area contributed by atoms with Gasteiger partial charge in [0.25, 0.3) is 5.91 Å². The molecule has 0 radical (unpaired) electrons. The van der Waals surface area contributed by atoms with Crippen molar-refractivity contribution in [1.82, 2.24) is 20.2 Å². The first-order valence-corrected chi connectivity index (χ1v) is 5.70. The number of carbonyl (C=O) groups excluding carboxylic acids is 1. The third-order valence-electron chi connectivity index (χ3n) is 3.12. The smallest absolute Gasteiger partial charge is 0.309 e. The molecule has 1 amide bonds. The van der Waals surface area contributed by atoms with E-state index < -0.39 is 29.4 Å². The van der Waals surface area contributed by atoms with E-state index in [9.17, 15) is 14.7 Å². The maximum Gasteiger partial charge on any atom is 0.309 e. The maximum atomic E-state index is 11.6. The quantitative estimate of drug-likeness (QED) is 0.589. The van der Waals surface area contributed by atoms with Crippen LogP contribution in [-0.4, -0.2) is 47.9 Å². The Morgan fingerprint density at radius 2 is 1.95 bits per heavy atom. The number of nitrogens with two attached hydrogens (primary N) is 1. The third kappa shape index (κ3) is 2.55. The van der Waals surface area contributed by atoms with Crippen LogP contribution in [-0.2, 0) is 9.59 Å². The van der Waals surface area contributed by atoms with Crippen molar-refractivity contribution in [3.05, 3.63) is 6.33 Å². The van der Waals surface area contributed by atoms with E-state index in [2.05, 4.69) is 15.4 Å². The summed E-state index contributed by atoms with van der Waals surface area (Å²) >= 11 is 0. The summed E-state index contributed by atoms with van der Waals surface area (Å²) in [7, 11) is 0. The molecule has 0 aliphatic heterocycles. The molecule has 0 saturated carbocycles. The molecule has 19 heavy (non-hydrogen) atoms. The van der Waals surface area contributed by atoms with Crippen molar-refractivity contribution in [2.75, 3.05) is 0 Å². The van der Waals surface area contributed by atoms with Crippen LogP contribution in [0.3, 0.4) is 0 Å². The SMILES string of the molecule is CC(C)C(n1ncnn1)C(O)(C(N)=O)C(C)C(=O)O. The van der Waals surface area contributed by atoms with Gasteiger partial charge in [0.2, 0.25) is 0 Å². The van der Waals surface area contributed by atoms with E-state index in [1.807, 2.05) is 0 Å². The molecule has 0 aliphatic rings. The second kappa shape index (κ2) is 5.31. The first-order valence-electron chi connectivity index (χ1n) is 5.70. The average Bonchev–Trinajstić information content (AvgIpc) is 2.80. The van der Waals surface area contributed by atoms with Gasteiger partial charge in [0.05, 0.1) is 5.92 Å². The van der Waals surface area contributed by atoms with E-state index in [1.54, 1.807) is 13.8 Å². The van der Waals surface area contributed by atoms with Crippen molar-refractivity contribution in [2.45, 2.75) is 32.4 Å². The fraction of sp³-hybridized carbons (Fsp3) is 0.700. The second-order valence-corrected chi connectivity index (χ2v) is 4.69. The molecule has 1 aromatic heterocycles. The molecular weight excluding hydrogens is 254 g/mol. The van der Waals surface area contributed by atoms with Gasteiger partial charge in [-0.2, -0.15) is 4.80 Å². The van der Waals surface area contributed by atoms with Crippen molar-refractivity contribution in [3.8, 4) is 0 Å². The van der Waals surface area contributed by atoms with Crippen LogP contribution in [0.15, 0.2) is 6.33 Å². The molecule has 0 bridgehead atoms. The number of aliphatic carboxylic acids is 1. The summed E-state index contributed by atoms with van der Waals surface area (Å²) < 4.78 is 0. The minimum absolute atomic E-state index is 0.339. The number of hydrogen-bond acceptors (Lipinski definition) is 6. The van der Waals surface area contributed by atoms with E-state index in [0.717, 1.165) is 11.1 Å². The number of amides is 1. The predicted molar refractivity (Wildman–Crippen MR) is 62.6 cm³/mol. The van der Waals surface area contributed by atoms with Gasteiger partial charge >= 0.3 is 5.97 Å². The zero-order valence-corrected chi connectivity index (χ0v) is 10.9. The van der Waals surface area contributed by atoms with Crippen molar-refractivity contribution in [1.29, 1.82) is 0 Å². The highest BCUT2D eigenvalue weighted by molar-refractivity contribution is 5.89. The summed E-state index contributed by atoms with van der Waals surface area (Å²) in [5, 5.41) is 30.5. The third-order valence-corrected chi connectivity index (χ3v) is 3.12. The molecular formula is C10H17N5O4. The Kier molecular flexibility index (Phi) is 4.20. The molecule has 3 unspecified atom stereocenters. The Balaban J connectivity index is 3.36. The fourth-order valence-corrected chi connectivity index (χ4v) is 2.06. The van der Waals surface area contributed by atoms with Gasteiger partial charge in [0.15, 0.2) is 11.9 Å². The van der Waals surface area contributed by atoms with Crippen molar-refractivity contribution < 1.29 is 19.8 Å². The highest BCUT2D eigenvalue weighted by atomic mass is 16.4. The van der Waals surface area contributed by atoms with E-state index in [-0.39, 0.29) is 5.92 Å². The molecule has 1 rings (SSSR count). The normalized spacial score (nSPS) is 17.7. The molecule has 0 fully saturated rings. The van der Waals surface area contributed by atoms with Crippen LogP contribution >= 0.6 is 0 Å². The number of rotatable bonds is 6. The summed E-state index contributed by atoms with van der Waals surface area (Å²) in [6.45, 7) is 4.59. The standard InChI is InChI=1S/C10H17N5O4/c1-5(2)7(15-13-4-12-14-15)10(19,9(11)18)6(3)8(16)17/h4-7,19H,1-3H3,(H2,11,18)(H,16,17). The molecule has 0 spiro atoms. The molecule has 1 heterocycles. The van der Waals surface area contributed by atoms with Crippen LogP contribution in [0.2, 0.25) is 0 Å². The Hall–Kier alpha value is -2.03. The number of nitrogens with zero attached hydrogens (tertiary/aromatic N) is 4. The van der Waals surface area contributed by atoms with E-state index in [4.69, 9.17) is 10.8 Å². The van der Waals surface area contributed by atoms with Gasteiger partial charge in [-0.3, -0.25) is 9.59 Å². The zero-order chi connectivity index (χ0) is 14.8. The van der Waals surface area contributed by atoms with Crippen LogP contribution in [0.25, 0.3) is 0 Å².